The zero-order valence-electron chi connectivity index (χ0n) is 6.85. The Morgan fingerprint density at radius 2 is 2.21 bits per heavy atom. The zero-order valence-corrected chi connectivity index (χ0v) is 8.42. The van der Waals surface area contributed by atoms with E-state index in [1.165, 1.54) is 17.5 Å². The Morgan fingerprint density at radius 3 is 2.86 bits per heavy atom. The highest BCUT2D eigenvalue weighted by atomic mass is 35.5. The second-order valence-electron chi connectivity index (χ2n) is 2.38. The molecule has 0 bridgehead atoms. The summed E-state index contributed by atoms with van der Waals surface area (Å²) < 4.78 is 0. The highest BCUT2D eigenvalue weighted by molar-refractivity contribution is 7.13. The first-order valence-electron chi connectivity index (χ1n) is 3.70. The van der Waals surface area contributed by atoms with Gasteiger partial charge in [0.05, 0.1) is 0 Å². The Hall–Kier alpha value is -1.33. The summed E-state index contributed by atoms with van der Waals surface area (Å²) in [7, 11) is 0. The number of hydrogen-bond donors (Lipinski definition) is 0. The zero-order chi connectivity index (χ0) is 9.97. The number of aromatic nitrogens is 3. The minimum Gasteiger partial charge on any atom is -0.272 e. The van der Waals surface area contributed by atoms with Crippen molar-refractivity contribution in [2.75, 3.05) is 0 Å². The van der Waals surface area contributed by atoms with Crippen LogP contribution in [0.15, 0.2) is 23.8 Å². The lowest BCUT2D eigenvalue weighted by Gasteiger charge is -1.95. The third-order valence-electron chi connectivity index (χ3n) is 1.48. The second kappa shape index (κ2) is 3.81. The quantitative estimate of drug-likeness (QED) is 0.734. The number of hydrogen-bond acceptors (Lipinski definition) is 5. The molecule has 0 fully saturated rings. The molecule has 0 radical (unpaired) electrons. The molecule has 0 saturated heterocycles. The molecule has 6 heteroatoms. The SMILES string of the molecule is O=C(Cl)c1nccc(-c2nccs2)n1. The molecular weight excluding hydrogens is 222 g/mol. The average Bonchev–Trinajstić information content (AvgIpc) is 2.71. The fraction of sp³-hybridized carbons (Fsp3) is 0. The molecule has 0 N–H and O–H groups in total. The van der Waals surface area contributed by atoms with Gasteiger partial charge in [0.1, 0.15) is 10.7 Å². The molecule has 0 amide bonds. The minimum atomic E-state index is -0.664. The first kappa shape index (κ1) is 9.23. The van der Waals surface area contributed by atoms with E-state index in [-0.39, 0.29) is 5.82 Å². The molecular formula is C8H4ClN3OS. The van der Waals surface area contributed by atoms with Crippen molar-refractivity contribution >= 4 is 28.2 Å². The molecule has 0 spiro atoms. The van der Waals surface area contributed by atoms with Crippen LogP contribution >= 0.6 is 22.9 Å². The monoisotopic (exact) mass is 225 g/mol. The molecule has 0 aliphatic carbocycles. The molecule has 0 aromatic carbocycles. The van der Waals surface area contributed by atoms with Crippen LogP contribution in [0.3, 0.4) is 0 Å². The van der Waals surface area contributed by atoms with Crippen molar-refractivity contribution in [3.63, 3.8) is 0 Å². The van der Waals surface area contributed by atoms with Gasteiger partial charge in [-0.1, -0.05) is 0 Å². The van der Waals surface area contributed by atoms with Crippen molar-refractivity contribution in [2.24, 2.45) is 0 Å². The van der Waals surface area contributed by atoms with Crippen LogP contribution in [0.1, 0.15) is 10.6 Å². The summed E-state index contributed by atoms with van der Waals surface area (Å²) in [5, 5.41) is 1.91. The predicted octanol–water partition coefficient (Wildman–Crippen LogP) is 1.98. The lowest BCUT2D eigenvalue weighted by molar-refractivity contribution is 0.107. The summed E-state index contributed by atoms with van der Waals surface area (Å²) in [5.74, 6) is -0.000586. The summed E-state index contributed by atoms with van der Waals surface area (Å²) >= 11 is 6.70. The second-order valence-corrected chi connectivity index (χ2v) is 3.61. The summed E-state index contributed by atoms with van der Waals surface area (Å²) in [6, 6.07) is 1.68. The van der Waals surface area contributed by atoms with E-state index in [1.807, 2.05) is 5.38 Å². The lowest BCUT2D eigenvalue weighted by atomic mass is 10.4. The largest absolute Gasteiger partial charge is 0.289 e. The summed E-state index contributed by atoms with van der Waals surface area (Å²) in [5.41, 5.74) is 0.610. The van der Waals surface area contributed by atoms with E-state index in [1.54, 1.807) is 12.3 Å². The molecule has 0 atom stereocenters. The Bertz CT molecular complexity index is 457. The van der Waals surface area contributed by atoms with Crippen molar-refractivity contribution < 1.29 is 4.79 Å². The van der Waals surface area contributed by atoms with E-state index in [0.29, 0.717) is 5.69 Å². The van der Waals surface area contributed by atoms with Crippen LogP contribution in [0.4, 0.5) is 0 Å². The first-order valence-corrected chi connectivity index (χ1v) is 4.96. The molecule has 0 saturated carbocycles. The molecule has 0 aliphatic rings. The van der Waals surface area contributed by atoms with Gasteiger partial charge >= 0.3 is 0 Å². The van der Waals surface area contributed by atoms with Gasteiger partial charge in [-0.05, 0) is 17.7 Å². The van der Waals surface area contributed by atoms with Crippen LogP contribution < -0.4 is 0 Å². The average molecular weight is 226 g/mol. The minimum absolute atomic E-state index is 0.000586. The maximum atomic E-state index is 10.8. The highest BCUT2D eigenvalue weighted by Gasteiger charge is 2.08. The maximum absolute atomic E-state index is 10.8. The number of carbonyl (C=O) groups excluding carboxylic acids is 1. The Kier molecular flexibility index (Phi) is 2.51. The number of halogens is 1. The van der Waals surface area contributed by atoms with Gasteiger partial charge in [0.25, 0.3) is 5.24 Å². The Morgan fingerprint density at radius 1 is 1.36 bits per heavy atom. The van der Waals surface area contributed by atoms with Gasteiger partial charge in [-0.2, -0.15) is 0 Å². The van der Waals surface area contributed by atoms with Gasteiger partial charge in [-0.3, -0.25) is 4.79 Å². The van der Waals surface area contributed by atoms with E-state index in [2.05, 4.69) is 15.0 Å². The predicted molar refractivity (Wildman–Crippen MR) is 53.3 cm³/mol. The van der Waals surface area contributed by atoms with Gasteiger partial charge in [-0.25, -0.2) is 15.0 Å². The van der Waals surface area contributed by atoms with Crippen molar-refractivity contribution in [1.82, 2.24) is 15.0 Å². The smallest absolute Gasteiger partial charge is 0.272 e. The molecule has 2 heterocycles. The van der Waals surface area contributed by atoms with Crippen LogP contribution in [-0.2, 0) is 0 Å². The van der Waals surface area contributed by atoms with Gasteiger partial charge in [0.2, 0.25) is 5.82 Å². The molecule has 14 heavy (non-hydrogen) atoms. The maximum Gasteiger partial charge on any atom is 0.289 e. The molecule has 2 rings (SSSR count). The van der Waals surface area contributed by atoms with E-state index < -0.39 is 5.24 Å². The van der Waals surface area contributed by atoms with Crippen LogP contribution in [0, 0.1) is 0 Å². The van der Waals surface area contributed by atoms with Crippen LogP contribution in [0.5, 0.6) is 0 Å². The number of carbonyl (C=O) groups is 1. The van der Waals surface area contributed by atoms with Crippen molar-refractivity contribution in [3.05, 3.63) is 29.7 Å². The number of rotatable bonds is 2. The number of nitrogens with zero attached hydrogens (tertiary/aromatic N) is 3. The van der Waals surface area contributed by atoms with E-state index in [4.69, 9.17) is 11.6 Å². The summed E-state index contributed by atoms with van der Waals surface area (Å²) in [4.78, 5) is 22.6. The van der Waals surface area contributed by atoms with Crippen LogP contribution in [0.25, 0.3) is 10.7 Å². The van der Waals surface area contributed by atoms with E-state index in [9.17, 15) is 4.79 Å². The summed E-state index contributed by atoms with van der Waals surface area (Å²) in [6.45, 7) is 0. The lowest BCUT2D eigenvalue weighted by Crippen LogP contribution is -1.98. The van der Waals surface area contributed by atoms with Crippen molar-refractivity contribution in [2.45, 2.75) is 0 Å². The van der Waals surface area contributed by atoms with E-state index >= 15 is 0 Å². The fourth-order valence-corrected chi connectivity index (χ4v) is 1.62. The van der Waals surface area contributed by atoms with Gasteiger partial charge < -0.3 is 0 Å². The van der Waals surface area contributed by atoms with E-state index in [0.717, 1.165) is 5.01 Å². The van der Waals surface area contributed by atoms with Gasteiger partial charge in [0, 0.05) is 17.8 Å². The van der Waals surface area contributed by atoms with Crippen LogP contribution in [0.2, 0.25) is 0 Å². The molecule has 0 unspecified atom stereocenters. The first-order chi connectivity index (χ1) is 6.77. The normalized spacial score (nSPS) is 10.1. The Labute approximate surface area is 88.6 Å². The number of thiazole rings is 1. The van der Waals surface area contributed by atoms with Gasteiger partial charge in [0.15, 0.2) is 0 Å². The van der Waals surface area contributed by atoms with Crippen molar-refractivity contribution in [1.29, 1.82) is 0 Å². The molecule has 4 nitrogen and oxygen atoms in total. The topological polar surface area (TPSA) is 55.7 Å². The standard InChI is InChI=1S/C8H4ClN3OS/c9-6(13)7-10-2-1-5(12-7)8-11-3-4-14-8/h1-4H. The third kappa shape index (κ3) is 1.78. The fourth-order valence-electron chi connectivity index (χ4n) is 0.922. The van der Waals surface area contributed by atoms with Gasteiger partial charge in [-0.15, -0.1) is 11.3 Å². The highest BCUT2D eigenvalue weighted by Crippen LogP contribution is 2.18. The van der Waals surface area contributed by atoms with Crippen LogP contribution in [-0.4, -0.2) is 20.2 Å². The molecule has 0 aliphatic heterocycles. The summed E-state index contributed by atoms with van der Waals surface area (Å²) in [6.07, 6.45) is 3.16. The molecule has 2 aromatic heterocycles. The molecule has 70 valence electrons. The van der Waals surface area contributed by atoms with Crippen molar-refractivity contribution in [3.8, 4) is 10.7 Å². The third-order valence-corrected chi connectivity index (χ3v) is 2.45. The Balaban J connectivity index is 2.46. The molecule has 2 aromatic rings.